The summed E-state index contributed by atoms with van der Waals surface area (Å²) in [7, 11) is 0. The van der Waals surface area contributed by atoms with Gasteiger partial charge in [0.15, 0.2) is 0 Å². The summed E-state index contributed by atoms with van der Waals surface area (Å²) in [4.78, 5) is 37.8. The molecule has 3 N–H and O–H groups in total. The molecule has 8 nitrogen and oxygen atoms in total. The van der Waals surface area contributed by atoms with Gasteiger partial charge in [0.1, 0.15) is 0 Å². The maximum atomic E-state index is 13.2. The second kappa shape index (κ2) is 8.41. The molecule has 0 bridgehead atoms. The van der Waals surface area contributed by atoms with Gasteiger partial charge in [-0.15, -0.1) is 0 Å². The highest BCUT2D eigenvalue weighted by Crippen LogP contribution is 2.23. The molecule has 158 valence electrons. The van der Waals surface area contributed by atoms with E-state index in [9.17, 15) is 14.4 Å². The molecule has 1 saturated heterocycles. The van der Waals surface area contributed by atoms with Gasteiger partial charge in [-0.25, -0.2) is 14.2 Å². The number of nitrogens with two attached hydrogens (primary N) is 1. The number of para-hydroxylation sites is 2. The van der Waals surface area contributed by atoms with Gasteiger partial charge in [0.25, 0.3) is 0 Å². The molecule has 0 unspecified atom stereocenters. The third-order valence-corrected chi connectivity index (χ3v) is 5.57. The van der Waals surface area contributed by atoms with E-state index in [2.05, 4.69) is 5.32 Å². The highest BCUT2D eigenvalue weighted by molar-refractivity contribution is 5.90. The van der Waals surface area contributed by atoms with Gasteiger partial charge >= 0.3 is 11.7 Å². The number of rotatable bonds is 5. The Balaban J connectivity index is 1.96. The lowest BCUT2D eigenvalue weighted by atomic mass is 9.84. The van der Waals surface area contributed by atoms with Gasteiger partial charge < -0.3 is 15.8 Å². The number of amides is 2. The summed E-state index contributed by atoms with van der Waals surface area (Å²) in [5.41, 5.74) is 5.87. The summed E-state index contributed by atoms with van der Waals surface area (Å²) in [6, 6.07) is 6.24. The van der Waals surface area contributed by atoms with Crippen molar-refractivity contribution in [1.82, 2.24) is 14.5 Å². The number of carbonyl (C=O) groups is 2. The quantitative estimate of drug-likeness (QED) is 0.798. The van der Waals surface area contributed by atoms with E-state index in [1.807, 2.05) is 32.9 Å². The number of hydrogen-bond acceptors (Lipinski definition) is 4. The molecular formula is C21H30N4O4. The molecule has 0 spiro atoms. The molecule has 29 heavy (non-hydrogen) atoms. The Hall–Kier alpha value is -2.61. The van der Waals surface area contributed by atoms with Crippen molar-refractivity contribution in [2.75, 3.05) is 13.2 Å². The van der Waals surface area contributed by atoms with Crippen molar-refractivity contribution in [3.05, 3.63) is 34.7 Å². The SMILES string of the molecule is CC(C)(C)[C@@H](CC(N)=O)NC(=O)n1c(=O)n(CC2CCOCC2)c2ccccc21. The lowest BCUT2D eigenvalue weighted by Gasteiger charge is -2.30. The zero-order valence-corrected chi connectivity index (χ0v) is 17.3. The molecule has 1 aromatic heterocycles. The first-order valence-electron chi connectivity index (χ1n) is 10.1. The molecule has 0 saturated carbocycles. The number of nitrogens with zero attached hydrogens (tertiary/aromatic N) is 2. The molecule has 0 aliphatic carbocycles. The van der Waals surface area contributed by atoms with Gasteiger partial charge in [0, 0.05) is 32.2 Å². The molecule has 8 heteroatoms. The largest absolute Gasteiger partial charge is 0.381 e. The molecule has 1 fully saturated rings. The minimum absolute atomic E-state index is 0.00467. The number of primary amides is 1. The monoisotopic (exact) mass is 402 g/mol. The van der Waals surface area contributed by atoms with Crippen molar-refractivity contribution in [2.24, 2.45) is 17.1 Å². The standard InChI is InChI=1S/C21H30N4O4/c1-21(2,3)17(12-18(22)26)23-19(27)25-16-7-5-4-6-15(16)24(20(25)28)13-14-8-10-29-11-9-14/h4-7,14,17H,8-13H2,1-3H3,(H2,22,26)(H,23,27)/t17-/m1/s1. The van der Waals surface area contributed by atoms with Crippen molar-refractivity contribution in [2.45, 2.75) is 52.6 Å². The number of fused-ring (bicyclic) bond motifs is 1. The van der Waals surface area contributed by atoms with E-state index in [1.54, 1.807) is 16.7 Å². The highest BCUT2D eigenvalue weighted by Gasteiger charge is 2.30. The van der Waals surface area contributed by atoms with E-state index in [-0.39, 0.29) is 12.1 Å². The second-order valence-corrected chi connectivity index (χ2v) is 8.81. The molecular weight excluding hydrogens is 372 g/mol. The second-order valence-electron chi connectivity index (χ2n) is 8.81. The summed E-state index contributed by atoms with van der Waals surface area (Å²) in [6.45, 7) is 7.68. The van der Waals surface area contributed by atoms with Crippen molar-refractivity contribution in [3.63, 3.8) is 0 Å². The smallest absolute Gasteiger partial charge is 0.337 e. The van der Waals surface area contributed by atoms with E-state index in [0.29, 0.717) is 31.2 Å². The summed E-state index contributed by atoms with van der Waals surface area (Å²) < 4.78 is 8.24. The Kier molecular flexibility index (Phi) is 6.12. The van der Waals surface area contributed by atoms with Gasteiger partial charge in [0.2, 0.25) is 5.91 Å². The Morgan fingerprint density at radius 3 is 2.41 bits per heavy atom. The zero-order chi connectivity index (χ0) is 21.2. The van der Waals surface area contributed by atoms with Crippen LogP contribution in [0.25, 0.3) is 11.0 Å². The van der Waals surface area contributed by atoms with Crippen LogP contribution >= 0.6 is 0 Å². The Bertz CT molecular complexity index is 948. The summed E-state index contributed by atoms with van der Waals surface area (Å²) in [5, 5.41) is 2.84. The van der Waals surface area contributed by atoms with Crippen LogP contribution < -0.4 is 16.7 Å². The average Bonchev–Trinajstić information content (AvgIpc) is 2.93. The van der Waals surface area contributed by atoms with Crippen molar-refractivity contribution in [3.8, 4) is 0 Å². The van der Waals surface area contributed by atoms with E-state index in [4.69, 9.17) is 10.5 Å². The summed E-state index contributed by atoms with van der Waals surface area (Å²) >= 11 is 0. The van der Waals surface area contributed by atoms with E-state index < -0.39 is 23.4 Å². The minimum Gasteiger partial charge on any atom is -0.381 e. The third kappa shape index (κ3) is 4.70. The highest BCUT2D eigenvalue weighted by atomic mass is 16.5. The zero-order valence-electron chi connectivity index (χ0n) is 17.3. The van der Waals surface area contributed by atoms with Gasteiger partial charge in [-0.05, 0) is 36.3 Å². The molecule has 2 aromatic rings. The van der Waals surface area contributed by atoms with Gasteiger partial charge in [-0.2, -0.15) is 0 Å². The fourth-order valence-electron chi connectivity index (χ4n) is 3.76. The molecule has 0 radical (unpaired) electrons. The van der Waals surface area contributed by atoms with Crippen molar-refractivity contribution >= 4 is 23.0 Å². The van der Waals surface area contributed by atoms with Gasteiger partial charge in [-0.1, -0.05) is 32.9 Å². The average molecular weight is 402 g/mol. The predicted octanol–water partition coefficient (Wildman–Crippen LogP) is 2.08. The van der Waals surface area contributed by atoms with Crippen LogP contribution in [-0.4, -0.2) is 40.3 Å². The number of imidazole rings is 1. The first-order valence-corrected chi connectivity index (χ1v) is 10.1. The molecule has 1 atom stereocenters. The van der Waals surface area contributed by atoms with E-state index >= 15 is 0 Å². The molecule has 2 amide bonds. The van der Waals surface area contributed by atoms with Crippen LogP contribution in [0.2, 0.25) is 0 Å². The van der Waals surface area contributed by atoms with Crippen LogP contribution in [0.5, 0.6) is 0 Å². The van der Waals surface area contributed by atoms with Crippen LogP contribution in [0.4, 0.5) is 4.79 Å². The molecule has 1 aliphatic heterocycles. The number of carbonyl (C=O) groups excluding carboxylic acids is 2. The summed E-state index contributed by atoms with van der Waals surface area (Å²) in [5.74, 6) is -0.166. The molecule has 3 rings (SSSR count). The third-order valence-electron chi connectivity index (χ3n) is 5.57. The Labute approximate surface area is 170 Å². The van der Waals surface area contributed by atoms with Gasteiger partial charge in [-0.3, -0.25) is 9.36 Å². The maximum Gasteiger partial charge on any atom is 0.337 e. The summed E-state index contributed by atoms with van der Waals surface area (Å²) in [6.07, 6.45) is 1.79. The Morgan fingerprint density at radius 1 is 1.21 bits per heavy atom. The fourth-order valence-corrected chi connectivity index (χ4v) is 3.76. The first-order chi connectivity index (χ1) is 13.7. The van der Waals surface area contributed by atoms with Crippen molar-refractivity contribution in [1.29, 1.82) is 0 Å². The van der Waals surface area contributed by atoms with E-state index in [1.165, 1.54) is 0 Å². The van der Waals surface area contributed by atoms with Crippen LogP contribution in [0.3, 0.4) is 0 Å². The van der Waals surface area contributed by atoms with Crippen molar-refractivity contribution < 1.29 is 14.3 Å². The number of benzene rings is 1. The van der Waals surface area contributed by atoms with Crippen LogP contribution in [0.15, 0.2) is 29.1 Å². The fraction of sp³-hybridized carbons (Fsp3) is 0.571. The number of aromatic nitrogens is 2. The molecule has 2 heterocycles. The number of hydrogen-bond donors (Lipinski definition) is 2. The predicted molar refractivity (Wildman–Crippen MR) is 111 cm³/mol. The van der Waals surface area contributed by atoms with Crippen LogP contribution in [0, 0.1) is 11.3 Å². The lowest BCUT2D eigenvalue weighted by molar-refractivity contribution is -0.119. The normalized spacial score (nSPS) is 16.7. The molecule has 1 aromatic carbocycles. The first kappa shape index (κ1) is 21.1. The van der Waals surface area contributed by atoms with E-state index in [0.717, 1.165) is 22.9 Å². The maximum absolute atomic E-state index is 13.2. The molecule has 1 aliphatic rings. The van der Waals surface area contributed by atoms with Crippen LogP contribution in [-0.2, 0) is 16.1 Å². The Morgan fingerprint density at radius 2 is 1.83 bits per heavy atom. The number of nitrogens with one attached hydrogen (secondary N) is 1. The number of ether oxygens (including phenoxy) is 1. The van der Waals surface area contributed by atoms with Gasteiger partial charge in [0.05, 0.1) is 11.0 Å². The topological polar surface area (TPSA) is 108 Å². The minimum atomic E-state index is -0.543. The lowest BCUT2D eigenvalue weighted by Crippen LogP contribution is -2.49. The van der Waals surface area contributed by atoms with Crippen LogP contribution in [0.1, 0.15) is 40.0 Å².